The van der Waals surface area contributed by atoms with Gasteiger partial charge in [-0.05, 0) is 13.0 Å². The standard InChI is InChI=1S/C23H23ClN6O8/c1-12(23(33)38-5)29(11-21(32)37-4)19-8-17(26-13(2)31)18(9-20(19)36-3)27-28-22-14(10-25)6-15(30(34)35)7-16(22)24/h6-9,12H,11H2,1-5H3,(H,26,31)/b28-27+. The Morgan fingerprint density at radius 3 is 2.39 bits per heavy atom. The molecule has 0 radical (unpaired) electrons. The Morgan fingerprint density at radius 1 is 1.18 bits per heavy atom. The second-order valence-corrected chi connectivity index (χ2v) is 7.93. The van der Waals surface area contributed by atoms with Crippen LogP contribution in [0.4, 0.5) is 28.4 Å². The van der Waals surface area contributed by atoms with Crippen molar-refractivity contribution in [1.29, 1.82) is 5.26 Å². The molecule has 200 valence electrons. The maximum Gasteiger partial charge on any atom is 0.328 e. The summed E-state index contributed by atoms with van der Waals surface area (Å²) in [5.74, 6) is -1.67. The van der Waals surface area contributed by atoms with E-state index in [4.69, 9.17) is 25.8 Å². The summed E-state index contributed by atoms with van der Waals surface area (Å²) in [4.78, 5) is 48.1. The van der Waals surface area contributed by atoms with Crippen LogP contribution in [0.25, 0.3) is 0 Å². The molecule has 1 N–H and O–H groups in total. The van der Waals surface area contributed by atoms with Crippen molar-refractivity contribution < 1.29 is 33.5 Å². The van der Waals surface area contributed by atoms with Gasteiger partial charge in [0.1, 0.15) is 35.8 Å². The van der Waals surface area contributed by atoms with Gasteiger partial charge in [-0.2, -0.15) is 5.26 Å². The number of carbonyl (C=O) groups excluding carboxylic acids is 3. The number of esters is 2. The number of nitrogens with one attached hydrogen (secondary N) is 1. The smallest absolute Gasteiger partial charge is 0.328 e. The van der Waals surface area contributed by atoms with Crippen LogP contribution < -0.4 is 15.0 Å². The van der Waals surface area contributed by atoms with Gasteiger partial charge < -0.3 is 24.4 Å². The van der Waals surface area contributed by atoms with Gasteiger partial charge in [-0.25, -0.2) is 4.79 Å². The van der Waals surface area contributed by atoms with Gasteiger partial charge >= 0.3 is 11.9 Å². The van der Waals surface area contributed by atoms with E-state index in [1.165, 1.54) is 52.2 Å². The molecule has 0 saturated heterocycles. The second kappa shape index (κ2) is 13.0. The minimum atomic E-state index is -0.970. The Balaban J connectivity index is 2.72. The zero-order valence-corrected chi connectivity index (χ0v) is 21.7. The SMILES string of the molecule is COC(=O)CN(c1cc(NC(C)=O)c(/N=N/c2c(Cl)cc([N+](=O)[O-])cc2C#N)cc1OC)C(C)C(=O)OC. The van der Waals surface area contributed by atoms with Gasteiger partial charge in [0, 0.05) is 25.1 Å². The van der Waals surface area contributed by atoms with Gasteiger partial charge in [0.2, 0.25) is 5.91 Å². The molecule has 1 unspecified atom stereocenters. The van der Waals surface area contributed by atoms with Crippen molar-refractivity contribution in [3.8, 4) is 11.8 Å². The van der Waals surface area contributed by atoms with E-state index in [1.807, 2.05) is 0 Å². The van der Waals surface area contributed by atoms with Gasteiger partial charge in [0.25, 0.3) is 5.69 Å². The van der Waals surface area contributed by atoms with Gasteiger partial charge in [0.15, 0.2) is 0 Å². The van der Waals surface area contributed by atoms with Crippen LogP contribution in [0.3, 0.4) is 0 Å². The number of azo groups is 1. The highest BCUT2D eigenvalue weighted by atomic mass is 35.5. The number of nitro benzene ring substituents is 1. The number of nitro groups is 1. The number of methoxy groups -OCH3 is 3. The summed E-state index contributed by atoms with van der Waals surface area (Å²) in [6.07, 6.45) is 0. The number of halogens is 1. The first kappa shape index (κ1) is 29.5. The number of anilines is 2. The van der Waals surface area contributed by atoms with Crippen LogP contribution in [0.1, 0.15) is 19.4 Å². The lowest BCUT2D eigenvalue weighted by Crippen LogP contribution is -2.43. The molecule has 0 heterocycles. The summed E-state index contributed by atoms with van der Waals surface area (Å²) >= 11 is 6.12. The van der Waals surface area contributed by atoms with Gasteiger partial charge in [-0.1, -0.05) is 11.6 Å². The Kier molecular flexibility index (Phi) is 10.1. The highest BCUT2D eigenvalue weighted by Gasteiger charge is 2.28. The van der Waals surface area contributed by atoms with Crippen LogP contribution in [-0.4, -0.2) is 56.7 Å². The summed E-state index contributed by atoms with van der Waals surface area (Å²) in [7, 11) is 3.71. The fourth-order valence-corrected chi connectivity index (χ4v) is 3.48. The number of hydrogen-bond acceptors (Lipinski definition) is 12. The summed E-state index contributed by atoms with van der Waals surface area (Å²) in [6, 6.07) is 5.60. The van der Waals surface area contributed by atoms with E-state index in [0.29, 0.717) is 0 Å². The maximum absolute atomic E-state index is 12.3. The van der Waals surface area contributed by atoms with Crippen LogP contribution in [-0.2, 0) is 23.9 Å². The number of hydrogen-bond donors (Lipinski definition) is 1. The topological polar surface area (TPSA) is 186 Å². The van der Waals surface area contributed by atoms with Crippen molar-refractivity contribution in [2.24, 2.45) is 10.2 Å². The van der Waals surface area contributed by atoms with Crippen LogP contribution in [0.15, 0.2) is 34.5 Å². The number of rotatable bonds is 10. The van der Waals surface area contributed by atoms with E-state index < -0.39 is 34.5 Å². The number of nitriles is 1. The summed E-state index contributed by atoms with van der Waals surface area (Å²) in [5, 5.41) is 30.9. The predicted molar refractivity (Wildman–Crippen MR) is 135 cm³/mol. The maximum atomic E-state index is 12.3. The van der Waals surface area contributed by atoms with E-state index in [9.17, 15) is 29.8 Å². The predicted octanol–water partition coefficient (Wildman–Crippen LogP) is 4.04. The Bertz CT molecular complexity index is 1340. The third-order valence-corrected chi connectivity index (χ3v) is 5.38. The molecular weight excluding hydrogens is 524 g/mol. The molecule has 2 rings (SSSR count). The molecule has 0 aliphatic carbocycles. The van der Waals surface area contributed by atoms with E-state index in [-0.39, 0.29) is 45.6 Å². The van der Waals surface area contributed by atoms with E-state index in [0.717, 1.165) is 12.1 Å². The third-order valence-electron chi connectivity index (χ3n) is 5.09. The lowest BCUT2D eigenvalue weighted by Gasteiger charge is -2.30. The minimum Gasteiger partial charge on any atom is -0.494 e. The Morgan fingerprint density at radius 2 is 1.87 bits per heavy atom. The first-order chi connectivity index (χ1) is 18.0. The van der Waals surface area contributed by atoms with Gasteiger partial charge in [0.05, 0.1) is 48.2 Å². The quantitative estimate of drug-likeness (QED) is 0.197. The van der Waals surface area contributed by atoms with Crippen molar-refractivity contribution in [1.82, 2.24) is 0 Å². The molecule has 2 aromatic rings. The van der Waals surface area contributed by atoms with Crippen molar-refractivity contribution >= 4 is 57.9 Å². The number of non-ortho nitro benzene ring substituents is 1. The van der Waals surface area contributed by atoms with Crippen molar-refractivity contribution in [2.75, 3.05) is 38.1 Å². The molecule has 0 aliphatic heterocycles. The van der Waals surface area contributed by atoms with Crippen LogP contribution >= 0.6 is 11.6 Å². The van der Waals surface area contributed by atoms with E-state index in [2.05, 4.69) is 15.5 Å². The molecule has 1 atom stereocenters. The monoisotopic (exact) mass is 546 g/mol. The Labute approximate surface area is 221 Å². The molecule has 15 heteroatoms. The number of benzene rings is 2. The highest BCUT2D eigenvalue weighted by molar-refractivity contribution is 6.33. The average Bonchev–Trinajstić information content (AvgIpc) is 2.89. The first-order valence-electron chi connectivity index (χ1n) is 10.7. The lowest BCUT2D eigenvalue weighted by atomic mass is 10.1. The van der Waals surface area contributed by atoms with Crippen molar-refractivity contribution in [3.05, 3.63) is 45.0 Å². The van der Waals surface area contributed by atoms with E-state index >= 15 is 0 Å². The second-order valence-electron chi connectivity index (χ2n) is 7.52. The molecule has 2 aromatic carbocycles. The number of nitrogens with zero attached hydrogens (tertiary/aromatic N) is 5. The molecule has 1 amide bonds. The van der Waals surface area contributed by atoms with Gasteiger partial charge in [-0.15, -0.1) is 10.2 Å². The molecule has 0 aromatic heterocycles. The largest absolute Gasteiger partial charge is 0.494 e. The highest BCUT2D eigenvalue weighted by Crippen LogP contribution is 2.41. The van der Waals surface area contributed by atoms with Crippen LogP contribution in [0, 0.1) is 21.4 Å². The van der Waals surface area contributed by atoms with Crippen LogP contribution in [0.2, 0.25) is 5.02 Å². The van der Waals surface area contributed by atoms with Crippen molar-refractivity contribution in [3.63, 3.8) is 0 Å². The molecule has 0 spiro atoms. The fraction of sp³-hybridized carbons (Fsp3) is 0.304. The fourth-order valence-electron chi connectivity index (χ4n) is 3.23. The summed E-state index contributed by atoms with van der Waals surface area (Å²) in [6.45, 7) is 2.38. The first-order valence-corrected chi connectivity index (χ1v) is 11.1. The van der Waals surface area contributed by atoms with Crippen molar-refractivity contribution in [2.45, 2.75) is 19.9 Å². The number of amides is 1. The number of ether oxygens (including phenoxy) is 3. The normalized spacial score (nSPS) is 11.3. The van der Waals surface area contributed by atoms with E-state index in [1.54, 1.807) is 6.07 Å². The molecule has 0 aliphatic rings. The minimum absolute atomic E-state index is 0.0443. The molecule has 38 heavy (non-hydrogen) atoms. The molecule has 0 saturated carbocycles. The van der Waals surface area contributed by atoms with Gasteiger partial charge in [-0.3, -0.25) is 19.7 Å². The lowest BCUT2D eigenvalue weighted by molar-refractivity contribution is -0.384. The molecule has 0 fully saturated rings. The summed E-state index contributed by atoms with van der Waals surface area (Å²) < 4.78 is 15.0. The molecule has 0 bridgehead atoms. The molecule has 14 nitrogen and oxygen atoms in total. The number of carbonyl (C=O) groups is 3. The zero-order chi connectivity index (χ0) is 28.6. The molecular formula is C23H23ClN6O8. The van der Waals surface area contributed by atoms with Crippen LogP contribution in [0.5, 0.6) is 5.75 Å². The third kappa shape index (κ3) is 6.92. The summed E-state index contributed by atoms with van der Waals surface area (Å²) in [5.41, 5.74) is -0.384. The Hall–Kier alpha value is -4.77. The average molecular weight is 547 g/mol. The zero-order valence-electron chi connectivity index (χ0n) is 21.0.